The largest absolute Gasteiger partial charge is 1.00 e. The third kappa shape index (κ3) is 6.72. The number of carboxylic acid groups (broad SMARTS) is 1. The number of ether oxygens (including phenoxy) is 2. The van der Waals surface area contributed by atoms with E-state index in [0.717, 1.165) is 0 Å². The molecule has 0 aliphatic rings. The Bertz CT molecular complexity index is 533. The second-order valence-corrected chi connectivity index (χ2v) is 4.74. The van der Waals surface area contributed by atoms with Gasteiger partial charge in [0.1, 0.15) is 5.75 Å². The Kier molecular flexibility index (Phi) is 9.01. The average molecular weight is 341 g/mol. The van der Waals surface area contributed by atoms with Crippen LogP contribution in [0.5, 0.6) is 5.75 Å². The zero-order valence-electron chi connectivity index (χ0n) is 11.5. The first-order valence-corrected chi connectivity index (χ1v) is 6.20. The minimum atomic E-state index is -1.55. The summed E-state index contributed by atoms with van der Waals surface area (Å²) < 4.78 is 9.77. The Morgan fingerprint density at radius 1 is 1.38 bits per heavy atom. The van der Waals surface area contributed by atoms with Gasteiger partial charge in [-0.25, -0.2) is 4.79 Å². The smallest absolute Gasteiger partial charge is 0.546 e. The van der Waals surface area contributed by atoms with Crippen LogP contribution in [0.15, 0.2) is 30.4 Å². The van der Waals surface area contributed by atoms with E-state index in [0.29, 0.717) is 5.02 Å². The summed E-state index contributed by atoms with van der Waals surface area (Å²) >= 11 is 11.5. The van der Waals surface area contributed by atoms with Crippen molar-refractivity contribution >= 4 is 35.1 Å². The van der Waals surface area contributed by atoms with Gasteiger partial charge in [0.25, 0.3) is 0 Å². The summed E-state index contributed by atoms with van der Waals surface area (Å²) in [6, 6.07) is 4.46. The number of benzene rings is 1. The average Bonchev–Trinajstić information content (AvgIpc) is 2.34. The van der Waals surface area contributed by atoms with Crippen molar-refractivity contribution in [3.63, 3.8) is 0 Å². The zero-order chi connectivity index (χ0) is 15.3. The summed E-state index contributed by atoms with van der Waals surface area (Å²) in [6.07, 6.45) is -1.51. The maximum absolute atomic E-state index is 11.5. The molecule has 1 atom stereocenters. The van der Waals surface area contributed by atoms with E-state index in [9.17, 15) is 14.7 Å². The van der Waals surface area contributed by atoms with Gasteiger partial charge in [0, 0.05) is 5.02 Å². The maximum atomic E-state index is 11.5. The maximum Gasteiger partial charge on any atom is 1.00 e. The Morgan fingerprint density at radius 2 is 2.00 bits per heavy atom. The molecule has 0 heterocycles. The van der Waals surface area contributed by atoms with Crippen molar-refractivity contribution < 1.29 is 53.7 Å². The molecule has 0 amide bonds. The minimum absolute atomic E-state index is 0. The van der Waals surface area contributed by atoms with Crippen molar-refractivity contribution in [3.8, 4) is 5.75 Å². The molecule has 1 aromatic rings. The van der Waals surface area contributed by atoms with Gasteiger partial charge >= 0.3 is 35.5 Å². The molecule has 0 fully saturated rings. The van der Waals surface area contributed by atoms with Gasteiger partial charge in [0.15, 0.2) is 12.7 Å². The molecule has 0 N–H and O–H groups in total. The van der Waals surface area contributed by atoms with Gasteiger partial charge in [-0.05, 0) is 30.7 Å². The van der Waals surface area contributed by atoms with E-state index in [1.54, 1.807) is 0 Å². The molecule has 0 radical (unpaired) electrons. The molecule has 0 aliphatic heterocycles. The third-order valence-electron chi connectivity index (χ3n) is 2.15. The van der Waals surface area contributed by atoms with E-state index in [-0.39, 0.29) is 45.9 Å². The molecular weight excluding hydrogens is 330 g/mol. The van der Waals surface area contributed by atoms with Crippen molar-refractivity contribution in [2.24, 2.45) is 0 Å². The predicted molar refractivity (Wildman–Crippen MR) is 71.7 cm³/mol. The normalized spacial score (nSPS) is 11.0. The first kappa shape index (κ1) is 20.3. The van der Waals surface area contributed by atoms with Gasteiger partial charge in [-0.3, -0.25) is 0 Å². The molecule has 0 spiro atoms. The Morgan fingerprint density at radius 3 is 2.48 bits per heavy atom. The van der Waals surface area contributed by atoms with Gasteiger partial charge in [-0.15, -0.1) is 0 Å². The van der Waals surface area contributed by atoms with Crippen LogP contribution in [0.25, 0.3) is 0 Å². The zero-order valence-corrected chi connectivity index (χ0v) is 15.0. The third-order valence-corrected chi connectivity index (χ3v) is 2.68. The summed E-state index contributed by atoms with van der Waals surface area (Å²) in [6.45, 7) is 4.30. The van der Waals surface area contributed by atoms with Crippen LogP contribution in [0.3, 0.4) is 0 Å². The van der Waals surface area contributed by atoms with Gasteiger partial charge in [0.2, 0.25) is 0 Å². The molecular formula is C13H11Cl2NaO5. The van der Waals surface area contributed by atoms with Crippen LogP contribution in [0.2, 0.25) is 10.0 Å². The molecule has 108 valence electrons. The van der Waals surface area contributed by atoms with Crippen molar-refractivity contribution in [2.45, 2.75) is 13.0 Å². The summed E-state index contributed by atoms with van der Waals surface area (Å²) in [4.78, 5) is 22.2. The number of rotatable bonds is 6. The fourth-order valence-corrected chi connectivity index (χ4v) is 1.71. The van der Waals surface area contributed by atoms with Crippen LogP contribution in [0, 0.1) is 0 Å². The topological polar surface area (TPSA) is 75.7 Å². The van der Waals surface area contributed by atoms with E-state index in [1.807, 2.05) is 0 Å². The van der Waals surface area contributed by atoms with Gasteiger partial charge in [0.05, 0.1) is 11.0 Å². The monoisotopic (exact) mass is 340 g/mol. The van der Waals surface area contributed by atoms with Crippen LogP contribution in [0.4, 0.5) is 0 Å². The molecule has 0 saturated carbocycles. The van der Waals surface area contributed by atoms with Gasteiger partial charge in [-0.2, -0.15) is 0 Å². The molecule has 1 aromatic carbocycles. The van der Waals surface area contributed by atoms with E-state index in [4.69, 9.17) is 27.9 Å². The Labute approximate surface area is 154 Å². The van der Waals surface area contributed by atoms with E-state index >= 15 is 0 Å². The van der Waals surface area contributed by atoms with Crippen molar-refractivity contribution in [2.75, 3.05) is 6.61 Å². The molecule has 5 nitrogen and oxygen atoms in total. The molecule has 1 unspecified atom stereocenters. The number of carbonyl (C=O) groups excluding carboxylic acids is 2. The second kappa shape index (κ2) is 9.33. The fourth-order valence-electron chi connectivity index (χ4n) is 1.24. The summed E-state index contributed by atoms with van der Waals surface area (Å²) in [7, 11) is 0. The van der Waals surface area contributed by atoms with E-state index in [2.05, 4.69) is 11.3 Å². The van der Waals surface area contributed by atoms with Crippen molar-refractivity contribution in [3.05, 3.63) is 40.4 Å². The first-order valence-electron chi connectivity index (χ1n) is 5.45. The second-order valence-electron chi connectivity index (χ2n) is 3.90. The molecule has 21 heavy (non-hydrogen) atoms. The number of carboxylic acids is 1. The summed E-state index contributed by atoms with van der Waals surface area (Å²) in [5.41, 5.74) is 0.142. The van der Waals surface area contributed by atoms with Crippen molar-refractivity contribution in [1.29, 1.82) is 0 Å². The van der Waals surface area contributed by atoms with E-state index in [1.165, 1.54) is 25.1 Å². The van der Waals surface area contributed by atoms with Crippen LogP contribution in [-0.2, 0) is 14.3 Å². The van der Waals surface area contributed by atoms with E-state index < -0.39 is 24.6 Å². The molecule has 0 aliphatic carbocycles. The molecule has 0 aromatic heterocycles. The summed E-state index contributed by atoms with van der Waals surface area (Å²) in [5.74, 6) is -2.20. The van der Waals surface area contributed by atoms with Crippen molar-refractivity contribution in [1.82, 2.24) is 0 Å². The summed E-state index contributed by atoms with van der Waals surface area (Å²) in [5, 5.41) is 11.4. The molecule has 0 saturated heterocycles. The standard InChI is InChI=1S/C13H12Cl2O5.Na/c1-7(2)12(13(17)18)20-11(16)6-19-10-4-3-8(14)5-9(10)15;/h3-5,12H,1,6H2,2H3,(H,17,18);/q;+1/p-1. The number of hydrogen-bond acceptors (Lipinski definition) is 5. The molecule has 8 heteroatoms. The first-order chi connectivity index (χ1) is 9.31. The number of carbonyl (C=O) groups is 2. The van der Waals surface area contributed by atoms with Crippen LogP contribution < -0.4 is 39.4 Å². The number of esters is 1. The Balaban J connectivity index is 0.00000400. The number of aliphatic carboxylic acids is 1. The fraction of sp³-hybridized carbons (Fsp3) is 0.231. The molecule has 1 rings (SSSR count). The number of halogens is 2. The SMILES string of the molecule is C=C(C)C(OC(=O)COc1ccc(Cl)cc1Cl)C(=O)[O-].[Na+]. The van der Waals surface area contributed by atoms with Crippen LogP contribution >= 0.6 is 23.2 Å². The van der Waals surface area contributed by atoms with Crippen LogP contribution in [-0.4, -0.2) is 24.6 Å². The van der Waals surface area contributed by atoms with Crippen LogP contribution in [0.1, 0.15) is 6.92 Å². The predicted octanol–water partition coefficient (Wildman–Crippen LogP) is -1.39. The number of hydrogen-bond donors (Lipinski definition) is 0. The quantitative estimate of drug-likeness (QED) is 0.362. The Hall–Kier alpha value is -0.720. The molecule has 0 bridgehead atoms. The van der Waals surface area contributed by atoms with Gasteiger partial charge in [-0.1, -0.05) is 29.8 Å². The van der Waals surface area contributed by atoms with Gasteiger partial charge < -0.3 is 19.4 Å². The minimum Gasteiger partial charge on any atom is -0.546 e.